The first-order chi connectivity index (χ1) is 10.5. The van der Waals surface area contributed by atoms with Crippen molar-refractivity contribution in [1.29, 1.82) is 0 Å². The summed E-state index contributed by atoms with van der Waals surface area (Å²) in [6.45, 7) is 0. The molecular formula is C14H11F2N3O3. The molecule has 1 aromatic heterocycles. The topological polar surface area (TPSA) is 85.1 Å². The van der Waals surface area contributed by atoms with Gasteiger partial charge in [-0.3, -0.25) is 9.59 Å². The molecule has 0 spiro atoms. The van der Waals surface area contributed by atoms with Crippen LogP contribution in [0.3, 0.4) is 0 Å². The zero-order chi connectivity index (χ0) is 15.7. The molecule has 1 aliphatic rings. The lowest BCUT2D eigenvalue weighted by molar-refractivity contribution is -0.135. The zero-order valence-corrected chi connectivity index (χ0v) is 11.3. The number of hydrogen-bond acceptors (Lipinski definition) is 5. The van der Waals surface area contributed by atoms with Gasteiger partial charge in [-0.05, 0) is 12.1 Å². The van der Waals surface area contributed by atoms with Gasteiger partial charge in [-0.25, -0.2) is 0 Å². The van der Waals surface area contributed by atoms with Gasteiger partial charge in [-0.15, -0.1) is 0 Å². The Morgan fingerprint density at radius 2 is 2.14 bits per heavy atom. The molecule has 1 saturated carbocycles. The Hall–Kier alpha value is -2.64. The van der Waals surface area contributed by atoms with Crippen molar-refractivity contribution in [3.05, 3.63) is 30.2 Å². The molecule has 1 amide bonds. The van der Waals surface area contributed by atoms with E-state index in [1.807, 2.05) is 0 Å². The summed E-state index contributed by atoms with van der Waals surface area (Å²) < 4.78 is 29.3. The summed E-state index contributed by atoms with van der Waals surface area (Å²) in [6.07, 6.45) is -2.32. The van der Waals surface area contributed by atoms with E-state index in [9.17, 15) is 18.4 Å². The Kier molecular flexibility index (Phi) is 3.66. The van der Waals surface area contributed by atoms with Crippen LogP contribution in [-0.4, -0.2) is 21.8 Å². The summed E-state index contributed by atoms with van der Waals surface area (Å²) >= 11 is 0. The summed E-state index contributed by atoms with van der Waals surface area (Å²) in [5, 5.41) is 6.16. The van der Waals surface area contributed by atoms with Gasteiger partial charge in [0.15, 0.2) is 0 Å². The van der Waals surface area contributed by atoms with Crippen LogP contribution in [0.15, 0.2) is 28.8 Å². The first-order valence-corrected chi connectivity index (χ1v) is 6.57. The van der Waals surface area contributed by atoms with E-state index in [0.717, 1.165) is 0 Å². The minimum atomic E-state index is -2.83. The molecule has 3 rings (SSSR count). The third kappa shape index (κ3) is 2.85. The number of ketones is 1. The number of alkyl halides is 2. The van der Waals surface area contributed by atoms with E-state index in [4.69, 9.17) is 0 Å². The minimum absolute atomic E-state index is 0.0187. The van der Waals surface area contributed by atoms with Gasteiger partial charge in [0.05, 0.1) is 5.92 Å². The Morgan fingerprint density at radius 3 is 2.77 bits per heavy atom. The number of rotatable bonds is 4. The lowest BCUT2D eigenvalue weighted by atomic mass is 9.83. The van der Waals surface area contributed by atoms with Crippen LogP contribution in [0.1, 0.15) is 25.2 Å². The maximum absolute atomic E-state index is 12.4. The maximum Gasteiger partial charge on any atom is 0.315 e. The summed E-state index contributed by atoms with van der Waals surface area (Å²) in [4.78, 5) is 26.4. The van der Waals surface area contributed by atoms with Gasteiger partial charge in [-0.1, -0.05) is 17.3 Å². The van der Waals surface area contributed by atoms with Crippen molar-refractivity contribution in [2.45, 2.75) is 19.3 Å². The predicted octanol–water partition coefficient (Wildman–Crippen LogP) is 2.59. The zero-order valence-electron chi connectivity index (χ0n) is 11.3. The second-order valence-corrected chi connectivity index (χ2v) is 4.97. The van der Waals surface area contributed by atoms with Crippen LogP contribution < -0.4 is 5.32 Å². The van der Waals surface area contributed by atoms with Crippen molar-refractivity contribution >= 4 is 17.4 Å². The number of amides is 1. The minimum Gasteiger partial charge on any atom is -0.333 e. The van der Waals surface area contributed by atoms with Gasteiger partial charge in [0.2, 0.25) is 11.7 Å². The normalized spacial score (nSPS) is 15.0. The summed E-state index contributed by atoms with van der Waals surface area (Å²) in [5.74, 6) is -1.20. The van der Waals surface area contributed by atoms with Crippen LogP contribution in [0.4, 0.5) is 14.5 Å². The van der Waals surface area contributed by atoms with Crippen LogP contribution in [0.2, 0.25) is 0 Å². The highest BCUT2D eigenvalue weighted by Crippen LogP contribution is 2.26. The van der Waals surface area contributed by atoms with Crippen LogP contribution in [0.25, 0.3) is 11.4 Å². The highest BCUT2D eigenvalue weighted by molar-refractivity contribution is 6.02. The van der Waals surface area contributed by atoms with E-state index >= 15 is 0 Å². The highest BCUT2D eigenvalue weighted by Gasteiger charge is 2.32. The van der Waals surface area contributed by atoms with Crippen molar-refractivity contribution in [2.75, 3.05) is 5.32 Å². The number of benzene rings is 1. The number of Topliss-reactive ketones (excluding diaryl/α,β-unsaturated/α-hetero) is 1. The molecule has 22 heavy (non-hydrogen) atoms. The maximum atomic E-state index is 12.4. The largest absolute Gasteiger partial charge is 0.333 e. The van der Waals surface area contributed by atoms with Crippen LogP contribution in [0.5, 0.6) is 0 Å². The van der Waals surface area contributed by atoms with Gasteiger partial charge in [0.25, 0.3) is 5.89 Å². The lowest BCUT2D eigenvalue weighted by Crippen LogP contribution is -2.34. The molecule has 0 atom stereocenters. The average Bonchev–Trinajstić information content (AvgIpc) is 2.94. The number of halogens is 2. The fourth-order valence-corrected chi connectivity index (χ4v) is 2.10. The summed E-state index contributed by atoms with van der Waals surface area (Å²) in [7, 11) is 0. The van der Waals surface area contributed by atoms with E-state index in [1.54, 1.807) is 24.3 Å². The van der Waals surface area contributed by atoms with E-state index in [0.29, 0.717) is 11.3 Å². The molecule has 1 aromatic carbocycles. The number of aromatic nitrogens is 2. The van der Waals surface area contributed by atoms with Crippen molar-refractivity contribution in [1.82, 2.24) is 10.1 Å². The third-order valence-electron chi connectivity index (χ3n) is 3.34. The van der Waals surface area contributed by atoms with E-state index < -0.39 is 12.3 Å². The first-order valence-electron chi connectivity index (χ1n) is 6.57. The monoisotopic (exact) mass is 307 g/mol. The molecule has 8 heteroatoms. The molecule has 0 radical (unpaired) electrons. The Bertz CT molecular complexity index is 722. The Balaban J connectivity index is 1.74. The second-order valence-electron chi connectivity index (χ2n) is 4.97. The highest BCUT2D eigenvalue weighted by atomic mass is 19.3. The van der Waals surface area contributed by atoms with Crippen molar-refractivity contribution in [2.24, 2.45) is 5.92 Å². The number of nitrogens with one attached hydrogen (secondary N) is 1. The first kappa shape index (κ1) is 14.3. The predicted molar refractivity (Wildman–Crippen MR) is 71.1 cm³/mol. The number of carbonyl (C=O) groups is 2. The Labute approximate surface area is 123 Å². The molecule has 6 nitrogen and oxygen atoms in total. The molecule has 0 aliphatic heterocycles. The Morgan fingerprint density at radius 1 is 1.36 bits per heavy atom. The van der Waals surface area contributed by atoms with Gasteiger partial charge >= 0.3 is 6.43 Å². The van der Waals surface area contributed by atoms with E-state index in [1.165, 1.54) is 0 Å². The van der Waals surface area contributed by atoms with Crippen molar-refractivity contribution < 1.29 is 22.9 Å². The van der Waals surface area contributed by atoms with Gasteiger partial charge in [-0.2, -0.15) is 13.8 Å². The molecule has 0 bridgehead atoms. The number of hydrogen-bond donors (Lipinski definition) is 1. The van der Waals surface area contributed by atoms with Crippen LogP contribution in [-0.2, 0) is 9.59 Å². The number of nitrogens with zero attached hydrogens (tertiary/aromatic N) is 2. The number of anilines is 1. The van der Waals surface area contributed by atoms with Crippen LogP contribution in [0, 0.1) is 5.92 Å². The number of carbonyl (C=O) groups excluding carboxylic acids is 2. The molecule has 114 valence electrons. The average molecular weight is 307 g/mol. The van der Waals surface area contributed by atoms with E-state index in [-0.39, 0.29) is 36.3 Å². The molecular weight excluding hydrogens is 296 g/mol. The molecule has 1 heterocycles. The van der Waals surface area contributed by atoms with Gasteiger partial charge in [0, 0.05) is 24.1 Å². The molecule has 0 unspecified atom stereocenters. The SMILES string of the molecule is O=C1CC(C(=O)Nc2cccc(-c3noc(C(F)F)n3)c2)C1. The van der Waals surface area contributed by atoms with Crippen molar-refractivity contribution in [3.63, 3.8) is 0 Å². The van der Waals surface area contributed by atoms with Gasteiger partial charge < -0.3 is 9.84 Å². The van der Waals surface area contributed by atoms with Crippen molar-refractivity contribution in [3.8, 4) is 11.4 Å². The standard InChI is InChI=1S/C14H11F2N3O3/c15-11(16)14-18-12(19-22-14)7-2-1-3-9(4-7)17-13(21)8-5-10(20)6-8/h1-4,8,11H,5-6H2,(H,17,21). The quantitative estimate of drug-likeness (QED) is 0.938. The second kappa shape index (κ2) is 5.63. The smallest absolute Gasteiger partial charge is 0.315 e. The summed E-state index contributed by atoms with van der Waals surface area (Å²) in [6, 6.07) is 6.45. The third-order valence-corrected chi connectivity index (χ3v) is 3.34. The molecule has 1 fully saturated rings. The molecule has 0 saturated heterocycles. The molecule has 1 aliphatic carbocycles. The molecule has 2 aromatic rings. The fraction of sp³-hybridized carbons (Fsp3) is 0.286. The molecule has 1 N–H and O–H groups in total. The summed E-state index contributed by atoms with van der Waals surface area (Å²) in [5.41, 5.74) is 0.920. The van der Waals surface area contributed by atoms with Crippen LogP contribution >= 0.6 is 0 Å². The fourth-order valence-electron chi connectivity index (χ4n) is 2.10. The van der Waals surface area contributed by atoms with E-state index in [2.05, 4.69) is 20.0 Å². The van der Waals surface area contributed by atoms with Gasteiger partial charge in [0.1, 0.15) is 5.78 Å². The lowest BCUT2D eigenvalue weighted by Gasteiger charge is -2.22.